The van der Waals surface area contributed by atoms with Crippen LogP contribution in [0.15, 0.2) is 61.3 Å². The van der Waals surface area contributed by atoms with Gasteiger partial charge in [-0.25, -0.2) is 4.68 Å². The van der Waals surface area contributed by atoms with E-state index in [2.05, 4.69) is 88.1 Å². The van der Waals surface area contributed by atoms with Gasteiger partial charge >= 0.3 is 0 Å². The highest BCUT2D eigenvalue weighted by atomic mass is 32.1. The first-order chi connectivity index (χ1) is 15.4. The number of rotatable bonds is 4. The number of pyridine rings is 1. The van der Waals surface area contributed by atoms with Crippen molar-refractivity contribution in [3.05, 3.63) is 95.1 Å². The molecule has 5 rings (SSSR count). The van der Waals surface area contributed by atoms with Crippen molar-refractivity contribution < 1.29 is 0 Å². The van der Waals surface area contributed by atoms with E-state index in [9.17, 15) is 0 Å². The van der Waals surface area contributed by atoms with E-state index in [-0.39, 0.29) is 12.1 Å². The number of anilines is 1. The van der Waals surface area contributed by atoms with Gasteiger partial charge in [0.2, 0.25) is 0 Å². The highest BCUT2D eigenvalue weighted by Gasteiger charge is 2.42. The van der Waals surface area contributed by atoms with Crippen LogP contribution in [0.2, 0.25) is 0 Å². The van der Waals surface area contributed by atoms with Crippen LogP contribution in [-0.2, 0) is 0 Å². The third-order valence-corrected chi connectivity index (χ3v) is 6.29. The quantitative estimate of drug-likeness (QED) is 0.477. The molecule has 4 heterocycles. The van der Waals surface area contributed by atoms with E-state index >= 15 is 0 Å². The molecule has 7 nitrogen and oxygen atoms in total. The summed E-state index contributed by atoms with van der Waals surface area (Å²) in [6.45, 7) is 8.45. The Balaban J connectivity index is 1.70. The SMILES string of the molecule is Cc1cc(C)cc(N2C(=S)N[C@H](c3ccccn3)[C@@H]2c2cc(C)n(-n3cnnc3)c2C)c1. The Labute approximate surface area is 192 Å². The lowest BCUT2D eigenvalue weighted by atomic mass is 9.96. The van der Waals surface area contributed by atoms with E-state index in [1.165, 1.54) is 16.7 Å². The molecule has 0 bridgehead atoms. The van der Waals surface area contributed by atoms with E-state index in [0.717, 1.165) is 22.8 Å². The first-order valence-electron chi connectivity index (χ1n) is 10.6. The van der Waals surface area contributed by atoms with Crippen LogP contribution in [0.5, 0.6) is 0 Å². The van der Waals surface area contributed by atoms with Crippen LogP contribution in [0.25, 0.3) is 0 Å². The van der Waals surface area contributed by atoms with Crippen molar-refractivity contribution in [1.29, 1.82) is 0 Å². The van der Waals surface area contributed by atoms with Crippen molar-refractivity contribution in [2.45, 2.75) is 39.8 Å². The fourth-order valence-corrected chi connectivity index (χ4v) is 5.12. The van der Waals surface area contributed by atoms with Crippen LogP contribution < -0.4 is 10.2 Å². The standard InChI is InChI=1S/C24H25N7S/c1-15-9-16(2)11-19(10-15)30-23(22(28-24(30)32)21-7-5-6-8-25-21)20-12-17(3)31(18(20)4)29-13-26-27-14-29/h5-14,22-23H,1-4H3,(H,28,32)/t22-,23+/m1/s1. The number of thiocarbonyl (C=S) groups is 1. The zero-order valence-electron chi connectivity index (χ0n) is 18.5. The smallest absolute Gasteiger partial charge is 0.174 e. The fourth-order valence-electron chi connectivity index (χ4n) is 4.77. The van der Waals surface area contributed by atoms with Gasteiger partial charge in [0.25, 0.3) is 0 Å². The third-order valence-electron chi connectivity index (χ3n) is 5.97. The van der Waals surface area contributed by atoms with Crippen LogP contribution in [0.1, 0.15) is 45.9 Å². The molecule has 32 heavy (non-hydrogen) atoms. The highest BCUT2D eigenvalue weighted by Crippen LogP contribution is 2.43. The first-order valence-corrected chi connectivity index (χ1v) is 11.0. The first kappa shape index (κ1) is 20.4. The number of nitrogens with zero attached hydrogens (tertiary/aromatic N) is 6. The summed E-state index contributed by atoms with van der Waals surface area (Å²) < 4.78 is 4.01. The molecule has 1 aliphatic rings. The molecule has 0 saturated carbocycles. The normalized spacial score (nSPS) is 18.2. The molecule has 4 aromatic rings. The molecule has 1 fully saturated rings. The van der Waals surface area contributed by atoms with Gasteiger partial charge in [0, 0.05) is 28.8 Å². The molecular weight excluding hydrogens is 418 g/mol. The molecule has 2 atom stereocenters. The van der Waals surface area contributed by atoms with Gasteiger partial charge in [-0.2, -0.15) is 0 Å². The summed E-state index contributed by atoms with van der Waals surface area (Å²) in [5.41, 5.74) is 7.83. The number of hydrogen-bond donors (Lipinski definition) is 1. The topological polar surface area (TPSA) is 63.8 Å². The zero-order chi connectivity index (χ0) is 22.4. The maximum absolute atomic E-state index is 5.88. The summed E-state index contributed by atoms with van der Waals surface area (Å²) in [6.07, 6.45) is 5.25. The average molecular weight is 444 g/mol. The third kappa shape index (κ3) is 3.36. The Morgan fingerprint density at radius 1 is 0.938 bits per heavy atom. The fraction of sp³-hybridized carbons (Fsp3) is 0.250. The minimum atomic E-state index is -0.0839. The lowest BCUT2D eigenvalue weighted by Crippen LogP contribution is -2.29. The highest BCUT2D eigenvalue weighted by molar-refractivity contribution is 7.80. The van der Waals surface area contributed by atoms with E-state index in [1.807, 2.05) is 23.0 Å². The molecule has 0 amide bonds. The molecule has 8 heteroatoms. The van der Waals surface area contributed by atoms with E-state index < -0.39 is 0 Å². The minimum absolute atomic E-state index is 0.0602. The molecule has 0 radical (unpaired) electrons. The summed E-state index contributed by atoms with van der Waals surface area (Å²) in [5, 5.41) is 12.2. The molecule has 0 spiro atoms. The Hall–Kier alpha value is -3.52. The van der Waals surface area contributed by atoms with Gasteiger partial charge in [-0.1, -0.05) is 12.1 Å². The van der Waals surface area contributed by atoms with E-state index in [1.54, 1.807) is 12.7 Å². The maximum atomic E-state index is 5.88. The summed E-state index contributed by atoms with van der Waals surface area (Å²) in [4.78, 5) is 6.89. The van der Waals surface area contributed by atoms with Crippen LogP contribution in [0.4, 0.5) is 5.69 Å². The van der Waals surface area contributed by atoms with Crippen LogP contribution in [-0.4, -0.2) is 29.6 Å². The van der Waals surface area contributed by atoms with Gasteiger partial charge in [-0.3, -0.25) is 9.66 Å². The predicted octanol–water partition coefficient (Wildman–Crippen LogP) is 4.20. The second kappa shape index (κ2) is 7.87. The molecule has 3 aromatic heterocycles. The number of benzene rings is 1. The number of aromatic nitrogens is 5. The number of aryl methyl sites for hydroxylation is 3. The minimum Gasteiger partial charge on any atom is -0.351 e. The van der Waals surface area contributed by atoms with Crippen molar-refractivity contribution >= 4 is 23.0 Å². The van der Waals surface area contributed by atoms with Gasteiger partial charge in [-0.15, -0.1) is 10.2 Å². The molecule has 1 aliphatic heterocycles. The Bertz CT molecular complexity index is 1260. The summed E-state index contributed by atoms with van der Waals surface area (Å²) in [6, 6.07) is 14.6. The molecular formula is C24H25N7S. The van der Waals surface area contributed by atoms with Crippen LogP contribution in [0, 0.1) is 27.7 Å². The Kier molecular flexibility index (Phi) is 5.01. The second-order valence-electron chi connectivity index (χ2n) is 8.32. The van der Waals surface area contributed by atoms with Crippen molar-refractivity contribution in [3.8, 4) is 0 Å². The van der Waals surface area contributed by atoms with Gasteiger partial charge in [0.15, 0.2) is 5.11 Å². The van der Waals surface area contributed by atoms with Crippen molar-refractivity contribution in [3.63, 3.8) is 0 Å². The van der Waals surface area contributed by atoms with Crippen molar-refractivity contribution in [2.75, 3.05) is 4.90 Å². The van der Waals surface area contributed by atoms with Gasteiger partial charge < -0.3 is 10.2 Å². The van der Waals surface area contributed by atoms with Gasteiger partial charge in [0.05, 0.1) is 17.8 Å². The van der Waals surface area contributed by atoms with Crippen molar-refractivity contribution in [1.82, 2.24) is 29.9 Å². The molecule has 1 aromatic carbocycles. The van der Waals surface area contributed by atoms with Crippen LogP contribution in [0.3, 0.4) is 0 Å². The van der Waals surface area contributed by atoms with E-state index in [0.29, 0.717) is 5.11 Å². The average Bonchev–Trinajstić information content (AvgIpc) is 3.46. The van der Waals surface area contributed by atoms with Crippen molar-refractivity contribution in [2.24, 2.45) is 0 Å². The van der Waals surface area contributed by atoms with Crippen LogP contribution >= 0.6 is 12.2 Å². The molecule has 1 N–H and O–H groups in total. The number of nitrogens with one attached hydrogen (secondary N) is 1. The Morgan fingerprint density at radius 2 is 1.66 bits per heavy atom. The predicted molar refractivity (Wildman–Crippen MR) is 129 cm³/mol. The van der Waals surface area contributed by atoms with Gasteiger partial charge in [0.1, 0.15) is 12.7 Å². The molecule has 0 unspecified atom stereocenters. The zero-order valence-corrected chi connectivity index (χ0v) is 19.3. The van der Waals surface area contributed by atoms with E-state index in [4.69, 9.17) is 12.2 Å². The molecule has 1 saturated heterocycles. The second-order valence-corrected chi connectivity index (χ2v) is 8.71. The lowest BCUT2D eigenvalue weighted by molar-refractivity contribution is 0.557. The largest absolute Gasteiger partial charge is 0.351 e. The lowest BCUT2D eigenvalue weighted by Gasteiger charge is -2.28. The maximum Gasteiger partial charge on any atom is 0.174 e. The summed E-state index contributed by atoms with van der Waals surface area (Å²) >= 11 is 5.88. The molecule has 162 valence electrons. The summed E-state index contributed by atoms with van der Waals surface area (Å²) in [5.74, 6) is 0. The Morgan fingerprint density at radius 3 is 2.31 bits per heavy atom. The number of hydrogen-bond acceptors (Lipinski definition) is 4. The summed E-state index contributed by atoms with van der Waals surface area (Å²) in [7, 11) is 0. The monoisotopic (exact) mass is 443 g/mol. The van der Waals surface area contributed by atoms with Gasteiger partial charge in [-0.05, 0) is 81.4 Å². The molecule has 0 aliphatic carbocycles.